The fourth-order valence-corrected chi connectivity index (χ4v) is 3.89. The minimum absolute atomic E-state index is 0.411. The van der Waals surface area contributed by atoms with Crippen LogP contribution in [0.5, 0.6) is 0 Å². The van der Waals surface area contributed by atoms with Gasteiger partial charge in [-0.3, -0.25) is 0 Å². The van der Waals surface area contributed by atoms with Crippen LogP contribution in [0.25, 0.3) is 11.0 Å². The van der Waals surface area contributed by atoms with Crippen molar-refractivity contribution in [2.24, 2.45) is 0 Å². The van der Waals surface area contributed by atoms with Crippen LogP contribution in [0, 0.1) is 6.92 Å². The van der Waals surface area contributed by atoms with Crippen molar-refractivity contribution in [3.05, 3.63) is 107 Å². The lowest BCUT2D eigenvalue weighted by molar-refractivity contribution is 0.00578. The van der Waals surface area contributed by atoms with Crippen molar-refractivity contribution >= 4 is 18.2 Å². The number of rotatable bonds is 4. The van der Waals surface area contributed by atoms with Gasteiger partial charge in [0.25, 0.3) is 0 Å². The first-order valence-corrected chi connectivity index (χ1v) is 10.6. The van der Waals surface area contributed by atoms with Crippen LogP contribution in [0.2, 0.25) is 0 Å². The Bertz CT molecular complexity index is 1040. The van der Waals surface area contributed by atoms with E-state index in [1.165, 1.54) is 11.1 Å². The van der Waals surface area contributed by atoms with Crippen LogP contribution in [0.1, 0.15) is 49.9 Å². The van der Waals surface area contributed by atoms with Gasteiger partial charge in [-0.05, 0) is 67.9 Å². The third-order valence-corrected chi connectivity index (χ3v) is 6.32. The minimum atomic E-state index is -0.466. The lowest BCUT2D eigenvalue weighted by Crippen LogP contribution is -2.41. The average molecular weight is 396 g/mol. The van der Waals surface area contributed by atoms with E-state index < -0.39 is 18.3 Å². The number of hydrogen-bond donors (Lipinski definition) is 0. The summed E-state index contributed by atoms with van der Waals surface area (Å²) in [5.74, 6) is 0. The molecule has 4 rings (SSSR count). The molecule has 0 radical (unpaired) electrons. The molecule has 0 aromatic heterocycles. The molecule has 0 aliphatic carbocycles. The Kier molecular flexibility index (Phi) is 5.44. The standard InChI is InChI=1S/C27H29BO2/c1-20-14-12-13-19-23(20)24(21-15-8-6-9-16-21)25(22-17-10-7-11-18-22)28-29-26(2,3)27(4,5)30-28/h6-19H,1-5H3/b25-24-. The summed E-state index contributed by atoms with van der Waals surface area (Å²) in [4.78, 5) is 0. The van der Waals surface area contributed by atoms with Crippen molar-refractivity contribution in [3.8, 4) is 0 Å². The zero-order chi connectivity index (χ0) is 21.4. The van der Waals surface area contributed by atoms with E-state index in [9.17, 15) is 0 Å². The molecule has 0 N–H and O–H groups in total. The highest BCUT2D eigenvalue weighted by Gasteiger charge is 2.53. The molecule has 3 aromatic rings. The highest BCUT2D eigenvalue weighted by molar-refractivity contribution is 6.71. The molecule has 1 fully saturated rings. The smallest absolute Gasteiger partial charge is 0.399 e. The van der Waals surface area contributed by atoms with E-state index in [4.69, 9.17) is 9.31 Å². The van der Waals surface area contributed by atoms with Gasteiger partial charge in [0.2, 0.25) is 0 Å². The Balaban J connectivity index is 2.04. The Morgan fingerprint density at radius 1 is 0.633 bits per heavy atom. The first kappa shape index (κ1) is 20.6. The third-order valence-electron chi connectivity index (χ3n) is 6.32. The van der Waals surface area contributed by atoms with Gasteiger partial charge in [-0.25, -0.2) is 0 Å². The molecule has 0 atom stereocenters. The molecule has 3 heteroatoms. The first-order chi connectivity index (χ1) is 14.3. The van der Waals surface area contributed by atoms with Gasteiger partial charge in [0.1, 0.15) is 0 Å². The van der Waals surface area contributed by atoms with Gasteiger partial charge in [0.05, 0.1) is 11.2 Å². The molecule has 0 bridgehead atoms. The Morgan fingerprint density at radius 3 is 1.63 bits per heavy atom. The summed E-state index contributed by atoms with van der Waals surface area (Å²) in [6.07, 6.45) is 0. The van der Waals surface area contributed by atoms with E-state index in [0.29, 0.717) is 0 Å². The van der Waals surface area contributed by atoms with Crippen molar-refractivity contribution in [1.82, 2.24) is 0 Å². The first-order valence-electron chi connectivity index (χ1n) is 10.6. The quantitative estimate of drug-likeness (QED) is 0.366. The van der Waals surface area contributed by atoms with Crippen molar-refractivity contribution in [2.75, 3.05) is 0 Å². The van der Waals surface area contributed by atoms with Gasteiger partial charge in [-0.15, -0.1) is 0 Å². The van der Waals surface area contributed by atoms with Crippen LogP contribution < -0.4 is 0 Å². The van der Waals surface area contributed by atoms with Crippen LogP contribution in [0.15, 0.2) is 84.9 Å². The zero-order valence-electron chi connectivity index (χ0n) is 18.5. The van der Waals surface area contributed by atoms with E-state index in [1.807, 2.05) is 6.07 Å². The summed E-state index contributed by atoms with van der Waals surface area (Å²) in [6, 6.07) is 29.5. The molecule has 0 spiro atoms. The lowest BCUT2D eigenvalue weighted by Gasteiger charge is -2.32. The Labute approximate surface area is 180 Å². The van der Waals surface area contributed by atoms with Crippen molar-refractivity contribution in [2.45, 2.75) is 45.8 Å². The van der Waals surface area contributed by atoms with E-state index in [0.717, 1.165) is 22.2 Å². The molecule has 0 unspecified atom stereocenters. The monoisotopic (exact) mass is 396 g/mol. The molecule has 2 nitrogen and oxygen atoms in total. The van der Waals surface area contributed by atoms with Gasteiger partial charge >= 0.3 is 7.12 Å². The highest BCUT2D eigenvalue weighted by Crippen LogP contribution is 2.44. The van der Waals surface area contributed by atoms with Crippen molar-refractivity contribution < 1.29 is 9.31 Å². The second kappa shape index (κ2) is 7.90. The van der Waals surface area contributed by atoms with Crippen molar-refractivity contribution in [3.63, 3.8) is 0 Å². The molecule has 30 heavy (non-hydrogen) atoms. The summed E-state index contributed by atoms with van der Waals surface area (Å²) in [5, 5.41) is 0. The molecule has 3 aromatic carbocycles. The summed E-state index contributed by atoms with van der Waals surface area (Å²) in [7, 11) is -0.466. The molecule has 0 amide bonds. The second-order valence-electron chi connectivity index (χ2n) is 8.92. The molecular formula is C27H29BO2. The summed E-state index contributed by atoms with van der Waals surface area (Å²) < 4.78 is 13.1. The van der Waals surface area contributed by atoms with Crippen molar-refractivity contribution in [1.29, 1.82) is 0 Å². The second-order valence-corrected chi connectivity index (χ2v) is 8.92. The van der Waals surface area contributed by atoms with Crippen LogP contribution in [-0.2, 0) is 9.31 Å². The Hall–Kier alpha value is -2.62. The zero-order valence-corrected chi connectivity index (χ0v) is 18.5. The van der Waals surface area contributed by atoms with E-state index in [1.54, 1.807) is 0 Å². The number of benzene rings is 3. The highest BCUT2D eigenvalue weighted by atomic mass is 16.7. The van der Waals surface area contributed by atoms with E-state index in [2.05, 4.69) is 113 Å². The molecule has 1 aliphatic rings. The minimum Gasteiger partial charge on any atom is -0.399 e. The lowest BCUT2D eigenvalue weighted by atomic mass is 9.68. The summed E-state index contributed by atoms with van der Waals surface area (Å²) >= 11 is 0. The van der Waals surface area contributed by atoms with Crippen LogP contribution in [0.4, 0.5) is 0 Å². The average Bonchev–Trinajstić information content (AvgIpc) is 2.95. The van der Waals surface area contributed by atoms with E-state index in [-0.39, 0.29) is 0 Å². The van der Waals surface area contributed by atoms with Gasteiger partial charge in [0.15, 0.2) is 0 Å². The summed E-state index contributed by atoms with van der Waals surface area (Å²) in [5.41, 5.74) is 6.07. The molecular weight excluding hydrogens is 367 g/mol. The van der Waals surface area contributed by atoms with Gasteiger partial charge in [0, 0.05) is 0 Å². The molecule has 1 saturated heterocycles. The van der Waals surface area contributed by atoms with Gasteiger partial charge < -0.3 is 9.31 Å². The van der Waals surface area contributed by atoms with Crippen LogP contribution in [0.3, 0.4) is 0 Å². The number of aryl methyl sites for hydroxylation is 1. The SMILES string of the molecule is Cc1ccccc1/C(=C(\B1OC(C)(C)C(C)(C)O1)c1ccccc1)c1ccccc1. The third kappa shape index (κ3) is 3.76. The maximum absolute atomic E-state index is 6.56. The van der Waals surface area contributed by atoms with Gasteiger partial charge in [-0.2, -0.15) is 0 Å². The predicted octanol–water partition coefficient (Wildman–Crippen LogP) is 6.59. The van der Waals surface area contributed by atoms with Crippen LogP contribution in [-0.4, -0.2) is 18.3 Å². The molecule has 0 saturated carbocycles. The Morgan fingerprint density at radius 2 is 1.10 bits per heavy atom. The molecule has 1 aliphatic heterocycles. The fourth-order valence-electron chi connectivity index (χ4n) is 3.89. The molecule has 152 valence electrons. The maximum Gasteiger partial charge on any atom is 0.496 e. The largest absolute Gasteiger partial charge is 0.496 e. The normalized spacial score (nSPS) is 18.2. The molecule has 1 heterocycles. The summed E-state index contributed by atoms with van der Waals surface area (Å²) in [6.45, 7) is 10.6. The predicted molar refractivity (Wildman–Crippen MR) is 126 cm³/mol. The fraction of sp³-hybridized carbons (Fsp3) is 0.259. The number of hydrogen-bond acceptors (Lipinski definition) is 2. The maximum atomic E-state index is 6.56. The van der Waals surface area contributed by atoms with Crippen LogP contribution >= 0.6 is 0 Å². The van der Waals surface area contributed by atoms with Gasteiger partial charge in [-0.1, -0.05) is 84.9 Å². The topological polar surface area (TPSA) is 18.5 Å². The van der Waals surface area contributed by atoms with E-state index >= 15 is 0 Å².